The fourth-order valence-electron chi connectivity index (χ4n) is 1.78. The van der Waals surface area contributed by atoms with Crippen LogP contribution in [-0.4, -0.2) is 21.2 Å². The second kappa shape index (κ2) is 5.12. The summed E-state index contributed by atoms with van der Waals surface area (Å²) in [6.07, 6.45) is 1.98. The van der Waals surface area contributed by atoms with E-state index in [2.05, 4.69) is 10.1 Å². The van der Waals surface area contributed by atoms with Gasteiger partial charge in [0.05, 0.1) is 5.56 Å². The number of benzene rings is 1. The molecular formula is C13H10F2N2O4. The van der Waals surface area contributed by atoms with E-state index in [4.69, 9.17) is 14.4 Å². The summed E-state index contributed by atoms with van der Waals surface area (Å²) < 4.78 is 37.2. The Morgan fingerprint density at radius 3 is 2.62 bits per heavy atom. The standard InChI is InChI=1S/C13H10F2N2O4/c14-8-3-7(13(18)19)4-9(15)11(8)20-5-10-16-12(21-17-10)6-1-2-6/h3-4,6H,1-2,5H2,(H,18,19). The van der Waals surface area contributed by atoms with Gasteiger partial charge in [0.1, 0.15) is 0 Å². The molecule has 1 fully saturated rings. The molecule has 0 atom stereocenters. The quantitative estimate of drug-likeness (QED) is 0.912. The van der Waals surface area contributed by atoms with Gasteiger partial charge in [0.2, 0.25) is 11.7 Å². The summed E-state index contributed by atoms with van der Waals surface area (Å²) in [5, 5.41) is 12.3. The van der Waals surface area contributed by atoms with Crippen LogP contribution < -0.4 is 4.74 Å². The Hall–Kier alpha value is -2.51. The lowest BCUT2D eigenvalue weighted by molar-refractivity contribution is 0.0695. The third kappa shape index (κ3) is 2.83. The molecule has 1 aromatic carbocycles. The van der Waals surface area contributed by atoms with Crippen LogP contribution in [0.15, 0.2) is 16.7 Å². The van der Waals surface area contributed by atoms with E-state index in [1.54, 1.807) is 0 Å². The number of carboxylic acid groups (broad SMARTS) is 1. The largest absolute Gasteiger partial charge is 0.479 e. The molecule has 2 aromatic rings. The van der Waals surface area contributed by atoms with Crippen LogP contribution in [0, 0.1) is 11.6 Å². The van der Waals surface area contributed by atoms with Gasteiger partial charge in [-0.3, -0.25) is 0 Å². The van der Waals surface area contributed by atoms with Crippen molar-refractivity contribution in [2.75, 3.05) is 0 Å². The van der Waals surface area contributed by atoms with Crippen molar-refractivity contribution < 1.29 is 27.9 Å². The van der Waals surface area contributed by atoms with E-state index in [1.165, 1.54) is 0 Å². The molecule has 1 heterocycles. The van der Waals surface area contributed by atoms with Crippen LogP contribution >= 0.6 is 0 Å². The Labute approximate surface area is 117 Å². The van der Waals surface area contributed by atoms with Gasteiger partial charge in [-0.1, -0.05) is 5.16 Å². The average Bonchev–Trinajstić information content (AvgIpc) is 3.17. The van der Waals surface area contributed by atoms with Gasteiger partial charge in [0, 0.05) is 5.92 Å². The third-order valence-electron chi connectivity index (χ3n) is 3.00. The van der Waals surface area contributed by atoms with Crippen molar-refractivity contribution >= 4 is 5.97 Å². The highest BCUT2D eigenvalue weighted by molar-refractivity contribution is 5.87. The number of hydrogen-bond acceptors (Lipinski definition) is 5. The minimum Gasteiger partial charge on any atom is -0.479 e. The molecule has 0 aliphatic heterocycles. The number of halogens is 2. The van der Waals surface area contributed by atoms with Crippen molar-refractivity contribution in [1.82, 2.24) is 10.1 Å². The summed E-state index contributed by atoms with van der Waals surface area (Å²) >= 11 is 0. The van der Waals surface area contributed by atoms with Crippen molar-refractivity contribution in [1.29, 1.82) is 0 Å². The van der Waals surface area contributed by atoms with Gasteiger partial charge < -0.3 is 14.4 Å². The first-order chi connectivity index (χ1) is 10.0. The van der Waals surface area contributed by atoms with Crippen LogP contribution in [-0.2, 0) is 6.61 Å². The first kappa shape index (κ1) is 13.5. The Balaban J connectivity index is 1.73. The zero-order chi connectivity index (χ0) is 15.0. The lowest BCUT2D eigenvalue weighted by Gasteiger charge is -2.07. The Bertz CT molecular complexity index is 674. The molecule has 0 spiro atoms. The molecule has 1 saturated carbocycles. The first-order valence-electron chi connectivity index (χ1n) is 6.22. The SMILES string of the molecule is O=C(O)c1cc(F)c(OCc2noc(C3CC3)n2)c(F)c1. The number of hydrogen-bond donors (Lipinski definition) is 1. The minimum absolute atomic E-state index is 0.179. The third-order valence-corrected chi connectivity index (χ3v) is 3.00. The predicted octanol–water partition coefficient (Wildman–Crippen LogP) is 2.50. The Kier molecular flexibility index (Phi) is 3.28. The maximum atomic E-state index is 13.6. The maximum Gasteiger partial charge on any atom is 0.335 e. The molecule has 1 aromatic heterocycles. The summed E-state index contributed by atoms with van der Waals surface area (Å²) in [4.78, 5) is 14.7. The van der Waals surface area contributed by atoms with Gasteiger partial charge in [-0.15, -0.1) is 0 Å². The van der Waals surface area contributed by atoms with E-state index >= 15 is 0 Å². The van der Waals surface area contributed by atoms with Crippen molar-refractivity contribution in [3.05, 3.63) is 41.0 Å². The van der Waals surface area contributed by atoms with Gasteiger partial charge in [-0.05, 0) is 25.0 Å². The van der Waals surface area contributed by atoms with E-state index < -0.39 is 28.9 Å². The number of aromatic nitrogens is 2. The predicted molar refractivity (Wildman–Crippen MR) is 63.9 cm³/mol. The molecule has 0 bridgehead atoms. The van der Waals surface area contributed by atoms with E-state index in [0.717, 1.165) is 12.8 Å². The fraction of sp³-hybridized carbons (Fsp3) is 0.308. The molecule has 0 unspecified atom stereocenters. The minimum atomic E-state index is -1.42. The van der Waals surface area contributed by atoms with Crippen molar-refractivity contribution in [2.24, 2.45) is 0 Å². The number of carboxylic acids is 1. The van der Waals surface area contributed by atoms with Crippen LogP contribution in [0.3, 0.4) is 0 Å². The average molecular weight is 296 g/mol. The number of carbonyl (C=O) groups is 1. The number of aromatic carboxylic acids is 1. The van der Waals surface area contributed by atoms with Gasteiger partial charge in [-0.25, -0.2) is 13.6 Å². The summed E-state index contributed by atoms with van der Waals surface area (Å²) in [5.41, 5.74) is -0.493. The van der Waals surface area contributed by atoms with Crippen LogP contribution in [0.4, 0.5) is 8.78 Å². The lowest BCUT2D eigenvalue weighted by atomic mass is 10.2. The van der Waals surface area contributed by atoms with E-state index in [1.807, 2.05) is 0 Å². The van der Waals surface area contributed by atoms with Crippen LogP contribution in [0.25, 0.3) is 0 Å². The molecule has 1 aliphatic carbocycles. The zero-order valence-electron chi connectivity index (χ0n) is 10.7. The number of rotatable bonds is 5. The van der Waals surface area contributed by atoms with Crippen molar-refractivity contribution in [2.45, 2.75) is 25.4 Å². The second-order valence-electron chi connectivity index (χ2n) is 4.69. The smallest absolute Gasteiger partial charge is 0.335 e. The first-order valence-corrected chi connectivity index (χ1v) is 6.22. The molecule has 1 aliphatic rings. The Morgan fingerprint density at radius 1 is 1.38 bits per heavy atom. The molecule has 110 valence electrons. The van der Waals surface area contributed by atoms with Crippen molar-refractivity contribution in [3.63, 3.8) is 0 Å². The second-order valence-corrected chi connectivity index (χ2v) is 4.69. The molecule has 0 amide bonds. The zero-order valence-corrected chi connectivity index (χ0v) is 10.7. The Morgan fingerprint density at radius 2 is 2.05 bits per heavy atom. The van der Waals surface area contributed by atoms with Gasteiger partial charge in [0.15, 0.2) is 24.0 Å². The topological polar surface area (TPSA) is 85.5 Å². The molecule has 6 nitrogen and oxygen atoms in total. The normalized spacial score (nSPS) is 14.2. The maximum absolute atomic E-state index is 13.6. The van der Waals surface area contributed by atoms with Gasteiger partial charge >= 0.3 is 5.97 Å². The van der Waals surface area contributed by atoms with Crippen LogP contribution in [0.5, 0.6) is 5.75 Å². The molecule has 0 saturated heterocycles. The highest BCUT2D eigenvalue weighted by Gasteiger charge is 2.29. The summed E-state index contributed by atoms with van der Waals surface area (Å²) in [7, 11) is 0. The monoisotopic (exact) mass is 296 g/mol. The highest BCUT2D eigenvalue weighted by atomic mass is 19.1. The van der Waals surface area contributed by atoms with E-state index in [0.29, 0.717) is 18.0 Å². The lowest BCUT2D eigenvalue weighted by Crippen LogP contribution is -2.04. The van der Waals surface area contributed by atoms with Crippen molar-refractivity contribution in [3.8, 4) is 5.75 Å². The van der Waals surface area contributed by atoms with Gasteiger partial charge in [0.25, 0.3) is 0 Å². The van der Waals surface area contributed by atoms with Crippen LogP contribution in [0.2, 0.25) is 0 Å². The summed E-state index contributed by atoms with van der Waals surface area (Å²) in [5.74, 6) is -3.34. The molecule has 8 heteroatoms. The molecule has 3 rings (SSSR count). The van der Waals surface area contributed by atoms with Crippen LogP contribution in [0.1, 0.15) is 40.8 Å². The number of nitrogens with zero attached hydrogens (tertiary/aromatic N) is 2. The fourth-order valence-corrected chi connectivity index (χ4v) is 1.78. The summed E-state index contributed by atoms with van der Waals surface area (Å²) in [6.45, 7) is -0.267. The molecule has 1 N–H and O–H groups in total. The highest BCUT2D eigenvalue weighted by Crippen LogP contribution is 2.38. The van der Waals surface area contributed by atoms with E-state index in [-0.39, 0.29) is 18.3 Å². The van der Waals surface area contributed by atoms with Gasteiger partial charge in [-0.2, -0.15) is 4.98 Å². The summed E-state index contributed by atoms with van der Waals surface area (Å²) in [6, 6.07) is 1.37. The molecule has 0 radical (unpaired) electrons. The number of ether oxygens (including phenoxy) is 1. The molecule has 21 heavy (non-hydrogen) atoms. The molecular weight excluding hydrogens is 286 g/mol. The van der Waals surface area contributed by atoms with E-state index in [9.17, 15) is 13.6 Å².